The average Bonchev–Trinajstić information content (AvgIpc) is 3.31. The number of rotatable bonds is 7. The Kier molecular flexibility index (Phi) is 6.99. The van der Waals surface area contributed by atoms with Gasteiger partial charge in [-0.25, -0.2) is 0 Å². The first-order chi connectivity index (χ1) is 15.8. The topological polar surface area (TPSA) is 82.2 Å². The molecule has 1 N–H and O–H groups in total. The van der Waals surface area contributed by atoms with Crippen molar-refractivity contribution in [2.45, 2.75) is 33.9 Å². The number of aromatic nitrogens is 3. The van der Waals surface area contributed by atoms with Crippen LogP contribution in [0.3, 0.4) is 0 Å². The smallest absolute Gasteiger partial charge is 0.279 e. The van der Waals surface area contributed by atoms with E-state index in [9.17, 15) is 4.79 Å². The number of para-hydroxylation sites is 1. The van der Waals surface area contributed by atoms with E-state index in [2.05, 4.69) is 47.4 Å². The Bertz CT molecular complexity index is 1280. The maximum atomic E-state index is 13.0. The normalized spacial score (nSPS) is 10.9. The van der Waals surface area contributed by atoms with Gasteiger partial charge in [0.2, 0.25) is 0 Å². The minimum absolute atomic E-state index is 0.170. The first kappa shape index (κ1) is 23.3. The van der Waals surface area contributed by atoms with E-state index >= 15 is 0 Å². The molecule has 2 aromatic heterocycles. The van der Waals surface area contributed by atoms with Crippen LogP contribution >= 0.6 is 31.9 Å². The fraction of sp³-hybridized carbons (Fsp3) is 0.208. The molecule has 2 aromatic carbocycles. The Morgan fingerprint density at radius 3 is 2.48 bits per heavy atom. The van der Waals surface area contributed by atoms with Crippen molar-refractivity contribution < 1.29 is 14.1 Å². The van der Waals surface area contributed by atoms with Crippen LogP contribution in [0.15, 0.2) is 62.1 Å². The van der Waals surface area contributed by atoms with E-state index in [4.69, 9.17) is 9.26 Å². The van der Waals surface area contributed by atoms with Crippen LogP contribution in [0.4, 0.5) is 5.82 Å². The van der Waals surface area contributed by atoms with E-state index in [1.54, 1.807) is 11.6 Å². The largest absolute Gasteiger partial charge is 0.488 e. The summed E-state index contributed by atoms with van der Waals surface area (Å²) >= 11 is 6.90. The van der Waals surface area contributed by atoms with Crippen LogP contribution in [0, 0.1) is 20.8 Å². The van der Waals surface area contributed by atoms with Crippen molar-refractivity contribution >= 4 is 43.6 Å². The number of carbonyl (C=O) groups excluding carboxylic acids is 1. The fourth-order valence-electron chi connectivity index (χ4n) is 3.42. The first-order valence-electron chi connectivity index (χ1n) is 10.2. The molecule has 4 rings (SSSR count). The minimum Gasteiger partial charge on any atom is -0.488 e. The lowest BCUT2D eigenvalue weighted by Crippen LogP contribution is -2.16. The van der Waals surface area contributed by atoms with Gasteiger partial charge in [-0.1, -0.05) is 51.4 Å². The number of carbonyl (C=O) groups is 1. The molecule has 0 bridgehead atoms. The zero-order chi connectivity index (χ0) is 23.5. The van der Waals surface area contributed by atoms with Crippen molar-refractivity contribution in [3.05, 3.63) is 91.3 Å². The highest BCUT2D eigenvalue weighted by Gasteiger charge is 2.22. The zero-order valence-corrected chi connectivity index (χ0v) is 21.5. The van der Waals surface area contributed by atoms with Gasteiger partial charge >= 0.3 is 0 Å². The molecule has 2 heterocycles. The average molecular weight is 574 g/mol. The van der Waals surface area contributed by atoms with Gasteiger partial charge in [-0.15, -0.1) is 0 Å². The van der Waals surface area contributed by atoms with Crippen molar-refractivity contribution in [1.29, 1.82) is 0 Å². The summed E-state index contributed by atoms with van der Waals surface area (Å²) in [5, 5.41) is 11.3. The lowest BCUT2D eigenvalue weighted by Gasteiger charge is -2.12. The Morgan fingerprint density at radius 1 is 1.09 bits per heavy atom. The lowest BCUT2D eigenvalue weighted by molar-refractivity contribution is 0.101. The Balaban J connectivity index is 1.48. The van der Waals surface area contributed by atoms with Crippen LogP contribution in [-0.4, -0.2) is 20.8 Å². The van der Waals surface area contributed by atoms with E-state index in [0.717, 1.165) is 26.9 Å². The third-order valence-corrected chi connectivity index (χ3v) is 6.29. The molecular weight excluding hydrogens is 552 g/mol. The summed E-state index contributed by atoms with van der Waals surface area (Å²) in [5.74, 6) is 1.31. The number of amides is 1. The number of ether oxygens (including phenoxy) is 1. The number of hydrogen-bond donors (Lipinski definition) is 1. The number of halogens is 2. The second-order valence-electron chi connectivity index (χ2n) is 7.68. The number of anilines is 1. The van der Waals surface area contributed by atoms with Crippen molar-refractivity contribution in [1.82, 2.24) is 14.9 Å². The summed E-state index contributed by atoms with van der Waals surface area (Å²) < 4.78 is 14.8. The van der Waals surface area contributed by atoms with E-state index in [0.29, 0.717) is 28.2 Å². The third-order valence-electron chi connectivity index (χ3n) is 5.18. The lowest BCUT2D eigenvalue weighted by atomic mass is 10.1. The molecule has 0 saturated heterocycles. The number of benzene rings is 2. The van der Waals surface area contributed by atoms with Crippen LogP contribution in [0.2, 0.25) is 0 Å². The summed E-state index contributed by atoms with van der Waals surface area (Å²) in [5.41, 5.74) is 3.91. The monoisotopic (exact) mass is 572 g/mol. The third kappa shape index (κ3) is 5.36. The summed E-state index contributed by atoms with van der Waals surface area (Å²) in [6, 6.07) is 13.9. The molecule has 7 nitrogen and oxygen atoms in total. The summed E-state index contributed by atoms with van der Waals surface area (Å²) in [6.45, 7) is 6.47. The van der Waals surface area contributed by atoms with Crippen molar-refractivity contribution in [3.8, 4) is 5.75 Å². The van der Waals surface area contributed by atoms with Gasteiger partial charge in [0.1, 0.15) is 18.1 Å². The quantitative estimate of drug-likeness (QED) is 0.284. The molecule has 170 valence electrons. The highest BCUT2D eigenvalue weighted by Crippen LogP contribution is 2.26. The SMILES string of the molecule is Cc1cccc(C)c1OCc1c(C(=O)Nc2nn(Cc3ccc(Br)cc3)cc2Br)noc1C. The van der Waals surface area contributed by atoms with E-state index < -0.39 is 5.91 Å². The standard InChI is InChI=1S/C24H22Br2N4O3/c1-14-5-4-6-15(2)22(14)32-13-19-16(3)33-29-21(19)24(31)27-23-20(26)12-30(28-23)11-17-7-9-18(25)10-8-17/h4-10,12H,11,13H2,1-3H3,(H,27,28,31). The van der Waals surface area contributed by atoms with Crippen LogP contribution in [0.1, 0.15) is 38.5 Å². The molecule has 1 amide bonds. The van der Waals surface area contributed by atoms with Gasteiger partial charge in [0, 0.05) is 10.7 Å². The molecule has 0 aliphatic rings. The number of aryl methyl sites for hydroxylation is 3. The molecule has 4 aromatic rings. The van der Waals surface area contributed by atoms with Crippen LogP contribution < -0.4 is 10.1 Å². The van der Waals surface area contributed by atoms with Gasteiger partial charge in [0.05, 0.1) is 16.6 Å². The molecule has 0 radical (unpaired) electrons. The van der Waals surface area contributed by atoms with Crippen molar-refractivity contribution in [2.24, 2.45) is 0 Å². The Hall–Kier alpha value is -2.91. The molecule has 0 saturated carbocycles. The second-order valence-corrected chi connectivity index (χ2v) is 9.45. The second kappa shape index (κ2) is 9.93. The fourth-order valence-corrected chi connectivity index (χ4v) is 4.10. The molecule has 0 atom stereocenters. The predicted molar refractivity (Wildman–Crippen MR) is 133 cm³/mol. The number of nitrogens with zero attached hydrogens (tertiary/aromatic N) is 3. The molecule has 0 aliphatic carbocycles. The summed E-state index contributed by atoms with van der Waals surface area (Å²) in [7, 11) is 0. The van der Waals surface area contributed by atoms with Crippen molar-refractivity contribution in [2.75, 3.05) is 5.32 Å². The maximum Gasteiger partial charge on any atom is 0.279 e. The Morgan fingerprint density at radius 2 is 1.79 bits per heavy atom. The number of nitrogens with one attached hydrogen (secondary N) is 1. The van der Waals surface area contributed by atoms with Gasteiger partial charge in [0.15, 0.2) is 11.5 Å². The van der Waals surface area contributed by atoms with Gasteiger partial charge in [-0.3, -0.25) is 9.48 Å². The molecule has 9 heteroatoms. The van der Waals surface area contributed by atoms with Crippen molar-refractivity contribution in [3.63, 3.8) is 0 Å². The molecule has 0 unspecified atom stereocenters. The van der Waals surface area contributed by atoms with Crippen LogP contribution in [0.25, 0.3) is 0 Å². The van der Waals surface area contributed by atoms with Gasteiger partial charge in [0.25, 0.3) is 5.91 Å². The highest BCUT2D eigenvalue weighted by atomic mass is 79.9. The minimum atomic E-state index is -0.415. The first-order valence-corrected chi connectivity index (χ1v) is 11.8. The van der Waals surface area contributed by atoms with Gasteiger partial charge in [-0.05, 0) is 65.5 Å². The zero-order valence-electron chi connectivity index (χ0n) is 18.4. The molecule has 0 fully saturated rings. The van der Waals surface area contributed by atoms with E-state index in [-0.39, 0.29) is 12.3 Å². The molecule has 33 heavy (non-hydrogen) atoms. The Labute approximate surface area is 208 Å². The summed E-state index contributed by atoms with van der Waals surface area (Å²) in [6.07, 6.45) is 1.82. The maximum absolute atomic E-state index is 13.0. The van der Waals surface area contributed by atoms with Gasteiger partial charge < -0.3 is 14.6 Å². The van der Waals surface area contributed by atoms with E-state index in [1.807, 2.05) is 62.5 Å². The highest BCUT2D eigenvalue weighted by molar-refractivity contribution is 9.10. The van der Waals surface area contributed by atoms with Gasteiger partial charge in [-0.2, -0.15) is 5.10 Å². The summed E-state index contributed by atoms with van der Waals surface area (Å²) in [4.78, 5) is 13.0. The molecule has 0 aliphatic heterocycles. The van der Waals surface area contributed by atoms with E-state index in [1.165, 1.54) is 0 Å². The predicted octanol–water partition coefficient (Wildman–Crippen LogP) is 6.20. The van der Waals surface area contributed by atoms with Crippen LogP contribution in [-0.2, 0) is 13.2 Å². The molecular formula is C24H22Br2N4O3. The van der Waals surface area contributed by atoms with Crippen LogP contribution in [0.5, 0.6) is 5.75 Å². The number of hydrogen-bond acceptors (Lipinski definition) is 5. The molecule has 0 spiro atoms.